The van der Waals surface area contributed by atoms with E-state index in [2.05, 4.69) is 32.9 Å². The van der Waals surface area contributed by atoms with E-state index in [0.717, 1.165) is 14.9 Å². The van der Waals surface area contributed by atoms with E-state index in [1.165, 1.54) is 16.7 Å². The van der Waals surface area contributed by atoms with Gasteiger partial charge < -0.3 is 5.32 Å². The van der Waals surface area contributed by atoms with Gasteiger partial charge in [-0.3, -0.25) is 14.5 Å². The quantitative estimate of drug-likeness (QED) is 0.698. The van der Waals surface area contributed by atoms with Crippen LogP contribution in [0.1, 0.15) is 6.42 Å². The van der Waals surface area contributed by atoms with Gasteiger partial charge in [0, 0.05) is 22.7 Å². The third-order valence-corrected chi connectivity index (χ3v) is 5.57. The topological polar surface area (TPSA) is 61.8 Å². The number of aliphatic imine (C=N–C) groups is 1. The highest BCUT2D eigenvalue weighted by Crippen LogP contribution is 2.30. The normalized spacial score (nSPS) is 18.6. The molecule has 128 valence electrons. The van der Waals surface area contributed by atoms with Crippen LogP contribution in [0.5, 0.6) is 0 Å². The van der Waals surface area contributed by atoms with Gasteiger partial charge in [0.25, 0.3) is 0 Å². The van der Waals surface area contributed by atoms with Gasteiger partial charge in [-0.1, -0.05) is 30.0 Å². The van der Waals surface area contributed by atoms with Crippen molar-refractivity contribution in [2.45, 2.75) is 11.7 Å². The number of anilines is 1. The first-order valence-corrected chi connectivity index (χ1v) is 9.62. The van der Waals surface area contributed by atoms with Crippen molar-refractivity contribution in [1.82, 2.24) is 4.90 Å². The number of hydrogen-bond donors (Lipinski definition) is 1. The van der Waals surface area contributed by atoms with Crippen molar-refractivity contribution in [2.24, 2.45) is 4.99 Å². The van der Waals surface area contributed by atoms with Gasteiger partial charge in [-0.05, 0) is 59.0 Å². The van der Waals surface area contributed by atoms with Gasteiger partial charge in [-0.25, -0.2) is 4.99 Å². The maximum atomic E-state index is 12.4. The van der Waals surface area contributed by atoms with Gasteiger partial charge in [-0.15, -0.1) is 0 Å². The molecule has 1 fully saturated rings. The van der Waals surface area contributed by atoms with Crippen LogP contribution in [0.25, 0.3) is 0 Å². The molecule has 25 heavy (non-hydrogen) atoms. The zero-order chi connectivity index (χ0) is 17.8. The predicted molar refractivity (Wildman–Crippen MR) is 110 cm³/mol. The number of hydrogen-bond acceptors (Lipinski definition) is 4. The molecule has 0 spiro atoms. The maximum absolute atomic E-state index is 12.4. The Morgan fingerprint density at radius 2 is 1.88 bits per heavy atom. The third-order valence-electron chi connectivity index (χ3n) is 3.62. The second-order valence-corrected chi connectivity index (χ2v) is 7.91. The molecule has 1 N–H and O–H groups in total. The van der Waals surface area contributed by atoms with Crippen molar-refractivity contribution in [3.05, 3.63) is 58.2 Å². The van der Waals surface area contributed by atoms with Gasteiger partial charge in [0.15, 0.2) is 5.17 Å². The van der Waals surface area contributed by atoms with E-state index in [0.29, 0.717) is 5.17 Å². The average Bonchev–Trinajstić information content (AvgIpc) is 2.86. The summed E-state index contributed by atoms with van der Waals surface area (Å²) < 4.78 is 1.10. The Balaban J connectivity index is 1.65. The van der Waals surface area contributed by atoms with Crippen LogP contribution in [-0.4, -0.2) is 34.2 Å². The predicted octanol–water partition coefficient (Wildman–Crippen LogP) is 3.88. The molecule has 0 unspecified atom stereocenters. The highest BCUT2D eigenvalue weighted by atomic mass is 127. The summed E-state index contributed by atoms with van der Waals surface area (Å²) in [6, 6.07) is 17.0. The molecule has 0 saturated carbocycles. The number of amidine groups is 1. The molecule has 0 bridgehead atoms. The van der Waals surface area contributed by atoms with Crippen molar-refractivity contribution in [2.75, 3.05) is 12.4 Å². The van der Waals surface area contributed by atoms with Crippen LogP contribution < -0.4 is 5.32 Å². The Labute approximate surface area is 164 Å². The molecular weight excluding hydrogens is 449 g/mol. The number of para-hydroxylation sites is 1. The van der Waals surface area contributed by atoms with E-state index < -0.39 is 5.25 Å². The molecule has 7 heteroatoms. The molecule has 1 atom stereocenters. The van der Waals surface area contributed by atoms with Crippen molar-refractivity contribution in [3.63, 3.8) is 0 Å². The first-order chi connectivity index (χ1) is 12.0. The minimum atomic E-state index is -0.448. The minimum absolute atomic E-state index is 0.0996. The van der Waals surface area contributed by atoms with Gasteiger partial charge in [0.2, 0.25) is 11.8 Å². The smallest absolute Gasteiger partial charge is 0.242 e. The number of carbonyl (C=O) groups is 2. The summed E-state index contributed by atoms with van der Waals surface area (Å²) in [7, 11) is 1.69. The second-order valence-electron chi connectivity index (χ2n) is 5.49. The van der Waals surface area contributed by atoms with Crippen LogP contribution >= 0.6 is 34.4 Å². The SMILES string of the molecule is CN1C(=O)[C@@H](CC(=O)Nc2ccc(I)cc2)SC1=Nc1ccccc1. The number of nitrogens with one attached hydrogen (secondary N) is 1. The number of carbonyl (C=O) groups excluding carboxylic acids is 2. The van der Waals surface area contributed by atoms with E-state index >= 15 is 0 Å². The lowest BCUT2D eigenvalue weighted by molar-refractivity contribution is -0.127. The van der Waals surface area contributed by atoms with Crippen molar-refractivity contribution in [3.8, 4) is 0 Å². The van der Waals surface area contributed by atoms with E-state index in [-0.39, 0.29) is 18.2 Å². The van der Waals surface area contributed by atoms with Crippen molar-refractivity contribution in [1.29, 1.82) is 0 Å². The molecule has 1 heterocycles. The Morgan fingerprint density at radius 3 is 2.56 bits per heavy atom. The molecule has 2 aromatic rings. The van der Waals surface area contributed by atoms with E-state index in [1.54, 1.807) is 7.05 Å². The monoisotopic (exact) mass is 465 g/mol. The largest absolute Gasteiger partial charge is 0.326 e. The molecule has 5 nitrogen and oxygen atoms in total. The zero-order valence-electron chi connectivity index (χ0n) is 13.5. The maximum Gasteiger partial charge on any atom is 0.242 e. The first kappa shape index (κ1) is 17.9. The van der Waals surface area contributed by atoms with Gasteiger partial charge in [0.1, 0.15) is 5.25 Å². The van der Waals surface area contributed by atoms with Crippen LogP contribution in [-0.2, 0) is 9.59 Å². The van der Waals surface area contributed by atoms with Gasteiger partial charge >= 0.3 is 0 Å². The number of benzene rings is 2. The van der Waals surface area contributed by atoms with Crippen molar-refractivity contribution < 1.29 is 9.59 Å². The third kappa shape index (κ3) is 4.60. The fraction of sp³-hybridized carbons (Fsp3) is 0.167. The Hall–Kier alpha value is -1.87. The van der Waals surface area contributed by atoms with E-state index in [4.69, 9.17) is 0 Å². The number of rotatable bonds is 4. The highest BCUT2D eigenvalue weighted by Gasteiger charge is 2.36. The van der Waals surface area contributed by atoms with Crippen LogP contribution in [0.15, 0.2) is 59.6 Å². The molecule has 1 saturated heterocycles. The number of amides is 2. The minimum Gasteiger partial charge on any atom is -0.326 e. The summed E-state index contributed by atoms with van der Waals surface area (Å²) in [4.78, 5) is 30.6. The first-order valence-electron chi connectivity index (χ1n) is 7.66. The molecule has 0 aromatic heterocycles. The summed E-state index contributed by atoms with van der Waals surface area (Å²) in [5.41, 5.74) is 1.51. The fourth-order valence-corrected chi connectivity index (χ4v) is 3.84. The van der Waals surface area contributed by atoms with Crippen molar-refractivity contribution >= 4 is 62.7 Å². The van der Waals surface area contributed by atoms with Crippen LogP contribution in [0.4, 0.5) is 11.4 Å². The summed E-state index contributed by atoms with van der Waals surface area (Å²) in [6.45, 7) is 0. The molecule has 3 rings (SSSR count). The average molecular weight is 465 g/mol. The Bertz CT molecular complexity index is 809. The number of halogens is 1. The second kappa shape index (κ2) is 8.01. The van der Waals surface area contributed by atoms with Gasteiger partial charge in [-0.2, -0.15) is 0 Å². The fourth-order valence-electron chi connectivity index (χ4n) is 2.32. The van der Waals surface area contributed by atoms with E-state index in [1.807, 2.05) is 54.6 Å². The van der Waals surface area contributed by atoms with Crippen LogP contribution in [0.2, 0.25) is 0 Å². The molecule has 2 aromatic carbocycles. The zero-order valence-corrected chi connectivity index (χ0v) is 16.5. The molecule has 0 aliphatic carbocycles. The summed E-state index contributed by atoms with van der Waals surface area (Å²) >= 11 is 3.53. The summed E-state index contributed by atoms with van der Waals surface area (Å²) in [5.74, 6) is -0.279. The lowest BCUT2D eigenvalue weighted by atomic mass is 10.2. The molecule has 1 aliphatic rings. The molecule has 1 aliphatic heterocycles. The molecular formula is C18H16IN3O2S. The van der Waals surface area contributed by atoms with Crippen LogP contribution in [0.3, 0.4) is 0 Å². The number of nitrogens with zero attached hydrogens (tertiary/aromatic N) is 2. The number of thioether (sulfide) groups is 1. The van der Waals surface area contributed by atoms with E-state index in [9.17, 15) is 9.59 Å². The van der Waals surface area contributed by atoms with Gasteiger partial charge in [0.05, 0.1) is 5.69 Å². The molecule has 0 radical (unpaired) electrons. The molecule has 2 amide bonds. The standard InChI is InChI=1S/C18H16IN3O2S/c1-22-17(24)15(25-18(22)21-13-5-3-2-4-6-13)11-16(23)20-14-9-7-12(19)8-10-14/h2-10,15H,11H2,1H3,(H,20,23)/t15-/m1/s1. The Morgan fingerprint density at radius 1 is 1.20 bits per heavy atom. The Kier molecular flexibility index (Phi) is 5.74. The highest BCUT2D eigenvalue weighted by molar-refractivity contribution is 14.1. The summed E-state index contributed by atoms with van der Waals surface area (Å²) in [5, 5.41) is 3.00. The lowest BCUT2D eigenvalue weighted by Crippen LogP contribution is -2.30. The lowest BCUT2D eigenvalue weighted by Gasteiger charge is -2.09. The summed E-state index contributed by atoms with van der Waals surface area (Å²) in [6.07, 6.45) is 0.119. The van der Waals surface area contributed by atoms with Crippen LogP contribution in [0, 0.1) is 3.57 Å².